The van der Waals surface area contributed by atoms with E-state index in [1.165, 1.54) is 11.3 Å². The lowest BCUT2D eigenvalue weighted by atomic mass is 10.1. The van der Waals surface area contributed by atoms with E-state index in [-0.39, 0.29) is 30.7 Å². The van der Waals surface area contributed by atoms with Crippen LogP contribution in [0.2, 0.25) is 0 Å². The molecule has 0 radical (unpaired) electrons. The Morgan fingerprint density at radius 1 is 1.38 bits per heavy atom. The summed E-state index contributed by atoms with van der Waals surface area (Å²) in [5.41, 5.74) is 16.7. The maximum atomic E-state index is 12.0. The van der Waals surface area contributed by atoms with Gasteiger partial charge in [0.05, 0.1) is 0 Å². The molecule has 7 N–H and O–H groups in total. The number of thiazole rings is 1. The van der Waals surface area contributed by atoms with E-state index in [4.69, 9.17) is 17.2 Å². The molecule has 0 aromatic carbocycles. The number of hydrogen-bond acceptors (Lipinski definition) is 7. The molecule has 1 fully saturated rings. The summed E-state index contributed by atoms with van der Waals surface area (Å²) in [5.74, 6) is -0.578. The predicted molar refractivity (Wildman–Crippen MR) is 82.1 cm³/mol. The zero-order valence-electron chi connectivity index (χ0n) is 11.7. The summed E-state index contributed by atoms with van der Waals surface area (Å²) >= 11 is 1.25. The van der Waals surface area contributed by atoms with Crippen LogP contribution in [0.15, 0.2) is 0 Å². The first-order valence-electron chi connectivity index (χ1n) is 6.80. The summed E-state index contributed by atoms with van der Waals surface area (Å²) in [6.45, 7) is 1.83. The van der Waals surface area contributed by atoms with Crippen LogP contribution in [-0.4, -0.2) is 42.5 Å². The van der Waals surface area contributed by atoms with Gasteiger partial charge in [0.1, 0.15) is 10.7 Å². The average molecular weight is 312 g/mol. The van der Waals surface area contributed by atoms with E-state index in [0.717, 1.165) is 31.1 Å². The monoisotopic (exact) mass is 312 g/mol. The molecule has 1 saturated heterocycles. The van der Waals surface area contributed by atoms with Crippen molar-refractivity contribution >= 4 is 34.1 Å². The number of nitrogens with zero attached hydrogens (tertiary/aromatic N) is 2. The van der Waals surface area contributed by atoms with Gasteiger partial charge in [-0.15, -0.1) is 0 Å². The lowest BCUT2D eigenvalue weighted by molar-refractivity contribution is -0.117. The van der Waals surface area contributed by atoms with E-state index in [1.54, 1.807) is 0 Å². The van der Waals surface area contributed by atoms with Gasteiger partial charge < -0.3 is 27.4 Å². The Labute approximate surface area is 126 Å². The normalized spacial score (nSPS) is 16.0. The minimum atomic E-state index is -0.460. The molecule has 0 aliphatic carbocycles. The molecule has 0 unspecified atom stereocenters. The highest BCUT2D eigenvalue weighted by Gasteiger charge is 2.22. The van der Waals surface area contributed by atoms with E-state index < -0.39 is 5.91 Å². The number of hydrogen-bond donors (Lipinski definition) is 4. The van der Waals surface area contributed by atoms with Crippen molar-refractivity contribution < 1.29 is 9.59 Å². The number of nitrogens with two attached hydrogens (primary N) is 3. The van der Waals surface area contributed by atoms with Gasteiger partial charge in [-0.25, -0.2) is 4.98 Å². The number of piperidine rings is 1. The molecule has 1 aliphatic rings. The van der Waals surface area contributed by atoms with Gasteiger partial charge in [0.2, 0.25) is 5.91 Å². The minimum absolute atomic E-state index is 0.0985. The molecule has 2 amide bonds. The van der Waals surface area contributed by atoms with Gasteiger partial charge in [-0.3, -0.25) is 9.59 Å². The number of aromatic nitrogens is 1. The lowest BCUT2D eigenvalue weighted by Crippen LogP contribution is -2.39. The van der Waals surface area contributed by atoms with E-state index in [2.05, 4.69) is 15.2 Å². The molecule has 0 spiro atoms. The minimum Gasteiger partial charge on any atom is -0.382 e. The zero-order chi connectivity index (χ0) is 15.4. The van der Waals surface area contributed by atoms with Crippen LogP contribution in [-0.2, 0) is 4.79 Å². The first-order valence-corrected chi connectivity index (χ1v) is 7.62. The Hall–Kier alpha value is -1.87. The van der Waals surface area contributed by atoms with Gasteiger partial charge in [-0.1, -0.05) is 11.3 Å². The number of nitrogens with one attached hydrogen (secondary N) is 1. The largest absolute Gasteiger partial charge is 0.382 e. The highest BCUT2D eigenvalue weighted by molar-refractivity contribution is 7.18. The maximum Gasteiger partial charge on any atom is 0.265 e. The second-order valence-electron chi connectivity index (χ2n) is 5.01. The van der Waals surface area contributed by atoms with Crippen LogP contribution in [0, 0.1) is 0 Å². The van der Waals surface area contributed by atoms with Crippen LogP contribution < -0.4 is 27.4 Å². The molecule has 2 rings (SSSR count). The van der Waals surface area contributed by atoms with Crippen molar-refractivity contribution in [1.29, 1.82) is 0 Å². The molecule has 2 heterocycles. The molecule has 1 aromatic heterocycles. The molecule has 9 heteroatoms. The van der Waals surface area contributed by atoms with Gasteiger partial charge in [0, 0.05) is 32.1 Å². The van der Waals surface area contributed by atoms with Gasteiger partial charge in [0.25, 0.3) is 5.91 Å². The van der Waals surface area contributed by atoms with Crippen LogP contribution in [0.25, 0.3) is 0 Å². The standard InChI is InChI=1S/C12H20N6O2S/c13-7-2-5-18(6-3-7)12-17-10(15)9(21-12)11(20)16-4-1-8(14)19/h7H,1-6,13,15H2,(H2,14,19)(H,16,20). The summed E-state index contributed by atoms with van der Waals surface area (Å²) in [5, 5.41) is 3.34. The fraction of sp³-hybridized carbons (Fsp3) is 0.583. The topological polar surface area (TPSA) is 140 Å². The van der Waals surface area contributed by atoms with Crippen molar-refractivity contribution in [3.63, 3.8) is 0 Å². The van der Waals surface area contributed by atoms with Crippen LogP contribution in [0.4, 0.5) is 10.9 Å². The van der Waals surface area contributed by atoms with Gasteiger partial charge >= 0.3 is 0 Å². The third kappa shape index (κ3) is 4.05. The number of rotatable bonds is 5. The zero-order valence-corrected chi connectivity index (χ0v) is 12.5. The Morgan fingerprint density at radius 2 is 2.05 bits per heavy atom. The average Bonchev–Trinajstić information content (AvgIpc) is 2.81. The number of carbonyl (C=O) groups excluding carboxylic acids is 2. The van der Waals surface area contributed by atoms with Crippen LogP contribution in [0.3, 0.4) is 0 Å². The van der Waals surface area contributed by atoms with E-state index >= 15 is 0 Å². The number of nitrogen functional groups attached to an aromatic ring is 1. The van der Waals surface area contributed by atoms with E-state index in [0.29, 0.717) is 4.88 Å². The van der Waals surface area contributed by atoms with Crippen molar-refractivity contribution in [2.24, 2.45) is 11.5 Å². The Kier molecular flexibility index (Phi) is 4.97. The van der Waals surface area contributed by atoms with Crippen molar-refractivity contribution in [2.45, 2.75) is 25.3 Å². The van der Waals surface area contributed by atoms with Crippen LogP contribution >= 0.6 is 11.3 Å². The molecule has 0 bridgehead atoms. The molecular formula is C12H20N6O2S. The third-order valence-electron chi connectivity index (χ3n) is 3.32. The predicted octanol–water partition coefficient (Wildman–Crippen LogP) is -0.742. The highest BCUT2D eigenvalue weighted by atomic mass is 32.1. The maximum absolute atomic E-state index is 12.0. The Morgan fingerprint density at radius 3 is 2.67 bits per heavy atom. The molecular weight excluding hydrogens is 292 g/mol. The van der Waals surface area contributed by atoms with Crippen LogP contribution in [0.5, 0.6) is 0 Å². The first-order chi connectivity index (χ1) is 9.97. The summed E-state index contributed by atoms with van der Waals surface area (Å²) in [4.78, 5) is 29.3. The lowest BCUT2D eigenvalue weighted by Gasteiger charge is -2.29. The molecule has 0 saturated carbocycles. The summed E-state index contributed by atoms with van der Waals surface area (Å²) in [6.07, 6.45) is 1.90. The smallest absolute Gasteiger partial charge is 0.265 e. The van der Waals surface area contributed by atoms with E-state index in [9.17, 15) is 9.59 Å². The summed E-state index contributed by atoms with van der Waals surface area (Å²) in [7, 11) is 0. The molecule has 1 aromatic rings. The van der Waals surface area contributed by atoms with Gasteiger partial charge in [-0.2, -0.15) is 0 Å². The van der Waals surface area contributed by atoms with Crippen molar-refractivity contribution in [1.82, 2.24) is 10.3 Å². The molecule has 116 valence electrons. The van der Waals surface area contributed by atoms with Crippen LogP contribution in [0.1, 0.15) is 28.9 Å². The SMILES string of the molecule is NC(=O)CCNC(=O)c1sc(N2CCC(N)CC2)nc1N. The number of anilines is 2. The third-order valence-corrected chi connectivity index (χ3v) is 4.45. The van der Waals surface area contributed by atoms with Crippen molar-refractivity contribution in [2.75, 3.05) is 30.3 Å². The van der Waals surface area contributed by atoms with E-state index in [1.807, 2.05) is 0 Å². The second-order valence-corrected chi connectivity index (χ2v) is 5.99. The van der Waals surface area contributed by atoms with Crippen molar-refractivity contribution in [3.8, 4) is 0 Å². The van der Waals surface area contributed by atoms with Gasteiger partial charge in [0.15, 0.2) is 5.13 Å². The molecule has 1 aliphatic heterocycles. The number of amides is 2. The Bertz CT molecular complexity index is 524. The van der Waals surface area contributed by atoms with Gasteiger partial charge in [-0.05, 0) is 12.8 Å². The number of carbonyl (C=O) groups is 2. The van der Waals surface area contributed by atoms with Crippen molar-refractivity contribution in [3.05, 3.63) is 4.88 Å². The Balaban J connectivity index is 1.98. The fourth-order valence-corrected chi connectivity index (χ4v) is 3.04. The quantitative estimate of drug-likeness (QED) is 0.564. The first kappa shape index (κ1) is 15.5. The summed E-state index contributed by atoms with van der Waals surface area (Å²) in [6, 6.07) is 0.232. The number of primary amides is 1. The molecule has 8 nitrogen and oxygen atoms in total. The second kappa shape index (κ2) is 6.72. The molecule has 0 atom stereocenters. The highest BCUT2D eigenvalue weighted by Crippen LogP contribution is 2.29. The summed E-state index contributed by atoms with van der Waals surface area (Å²) < 4.78 is 0. The molecule has 21 heavy (non-hydrogen) atoms. The fourth-order valence-electron chi connectivity index (χ4n) is 2.09.